The number of carbonyl (C=O) groups is 5. The minimum atomic E-state index is -0.922. The highest BCUT2D eigenvalue weighted by Gasteiger charge is 2.58. The number of nitrogens with zero attached hydrogens (tertiary/aromatic N) is 2. The Labute approximate surface area is 236 Å². The van der Waals surface area contributed by atoms with E-state index in [1.807, 2.05) is 0 Å². The molecule has 0 aromatic rings. The second kappa shape index (κ2) is 13.9. The first-order valence-corrected chi connectivity index (χ1v) is 13.5. The highest BCUT2D eigenvalue weighted by molar-refractivity contribution is 8.03. The fourth-order valence-electron chi connectivity index (χ4n) is 4.83. The van der Waals surface area contributed by atoms with Crippen molar-refractivity contribution < 1.29 is 42.9 Å². The number of β-lactam (4-membered cyclic amide) rings is 1. The quantitative estimate of drug-likeness (QED) is 0.114. The van der Waals surface area contributed by atoms with Gasteiger partial charge in [0.1, 0.15) is 31.6 Å². The third kappa shape index (κ3) is 6.95. The molecule has 0 bridgehead atoms. The lowest BCUT2D eigenvalue weighted by Gasteiger charge is -2.45. The molecule has 0 unspecified atom stereocenters. The standard InChI is InChI=1S/C27H33N3O9S/c1-5-10-36-25(33)23-20(14-19-22(24(32)30(19)23)16(4)39-27(35)38-12-7-3)40-18-13-17(8-9-21(28)31)29(15-18)26(34)37-11-6-2/h5-9,16-19,22H,1-3,10-15H2,4H3,(H2,28,31)/b9-8+/t16-,17-,18+,19-,22-/m1/s1. The Kier molecular flexibility index (Phi) is 10.6. The number of fused-ring (bicyclic) bond motifs is 1. The van der Waals surface area contributed by atoms with Crippen molar-refractivity contribution in [3.8, 4) is 0 Å². The van der Waals surface area contributed by atoms with Gasteiger partial charge in [0.15, 0.2) is 0 Å². The van der Waals surface area contributed by atoms with Crippen molar-refractivity contribution in [3.05, 3.63) is 60.7 Å². The van der Waals surface area contributed by atoms with Crippen molar-refractivity contribution in [2.24, 2.45) is 11.7 Å². The van der Waals surface area contributed by atoms with E-state index in [1.54, 1.807) is 6.92 Å². The predicted octanol–water partition coefficient (Wildman–Crippen LogP) is 2.43. The number of primary amides is 1. The predicted molar refractivity (Wildman–Crippen MR) is 145 cm³/mol. The third-order valence-corrected chi connectivity index (χ3v) is 7.78. The number of hydrogen-bond acceptors (Lipinski definition) is 10. The first kappa shape index (κ1) is 30.5. The third-order valence-electron chi connectivity index (χ3n) is 6.46. The van der Waals surface area contributed by atoms with Crippen molar-refractivity contribution in [2.45, 2.75) is 43.2 Å². The van der Waals surface area contributed by atoms with Crippen LogP contribution >= 0.6 is 11.8 Å². The molecule has 0 aromatic heterocycles. The average molecular weight is 576 g/mol. The number of thioether (sulfide) groups is 1. The Bertz CT molecular complexity index is 1130. The van der Waals surface area contributed by atoms with Crippen LogP contribution in [0.2, 0.25) is 0 Å². The van der Waals surface area contributed by atoms with E-state index >= 15 is 0 Å². The van der Waals surface area contributed by atoms with Crippen LogP contribution in [0, 0.1) is 5.92 Å². The molecule has 3 amide bonds. The number of nitrogens with two attached hydrogens (primary N) is 1. The normalized spacial score (nSPS) is 24.2. The van der Waals surface area contributed by atoms with E-state index in [-0.39, 0.29) is 43.2 Å². The smallest absolute Gasteiger partial charge is 0.457 e. The molecule has 0 aliphatic carbocycles. The van der Waals surface area contributed by atoms with Crippen LogP contribution in [0.25, 0.3) is 0 Å². The summed E-state index contributed by atoms with van der Waals surface area (Å²) in [5.41, 5.74) is 5.37. The molecule has 5 atom stereocenters. The van der Waals surface area contributed by atoms with Crippen molar-refractivity contribution in [3.63, 3.8) is 0 Å². The van der Waals surface area contributed by atoms with E-state index in [0.717, 1.165) is 0 Å². The number of rotatable bonds is 13. The summed E-state index contributed by atoms with van der Waals surface area (Å²) in [6.45, 7) is 12.3. The second-order valence-corrected chi connectivity index (χ2v) is 10.6. The topological polar surface area (TPSA) is 155 Å². The Hall–Kier alpha value is -4.00. The molecule has 0 spiro atoms. The lowest BCUT2D eigenvalue weighted by Crippen LogP contribution is -2.62. The Morgan fingerprint density at radius 2 is 1.73 bits per heavy atom. The number of likely N-dealkylation sites (tertiary alicyclic amines) is 1. The van der Waals surface area contributed by atoms with Gasteiger partial charge in [0, 0.05) is 29.2 Å². The molecule has 3 aliphatic heterocycles. The van der Waals surface area contributed by atoms with Gasteiger partial charge in [0.05, 0.1) is 18.0 Å². The number of ether oxygens (including phenoxy) is 4. The molecule has 13 heteroatoms. The van der Waals surface area contributed by atoms with Gasteiger partial charge in [-0.3, -0.25) is 9.59 Å². The highest BCUT2D eigenvalue weighted by Crippen LogP contribution is 2.49. The second-order valence-electron chi connectivity index (χ2n) is 9.16. The van der Waals surface area contributed by atoms with Gasteiger partial charge in [-0.2, -0.15) is 0 Å². The maximum Gasteiger partial charge on any atom is 0.508 e. The van der Waals surface area contributed by atoms with Gasteiger partial charge in [-0.1, -0.05) is 44.0 Å². The minimum Gasteiger partial charge on any atom is -0.457 e. The number of carbonyl (C=O) groups excluding carboxylic acids is 5. The minimum absolute atomic E-state index is 0.0192. The van der Waals surface area contributed by atoms with Crippen LogP contribution in [0.1, 0.15) is 19.8 Å². The molecular weight excluding hydrogens is 542 g/mol. The van der Waals surface area contributed by atoms with Crippen molar-refractivity contribution >= 4 is 41.8 Å². The lowest BCUT2D eigenvalue weighted by molar-refractivity contribution is -0.162. The summed E-state index contributed by atoms with van der Waals surface area (Å²) in [4.78, 5) is 65.5. The monoisotopic (exact) mass is 575 g/mol. The summed E-state index contributed by atoms with van der Waals surface area (Å²) in [7, 11) is 0. The van der Waals surface area contributed by atoms with Crippen LogP contribution in [0.4, 0.5) is 9.59 Å². The Balaban J connectivity index is 1.80. The molecule has 40 heavy (non-hydrogen) atoms. The SMILES string of the molecule is C=CCOC(=O)O[C@H](C)[C@H]1C(=O)N2C(C(=O)OCC=C)=C(S[C@H]3C[C@@H](/C=C/C(N)=O)N(C(=O)OCC=C)C3)C[C@H]12. The highest BCUT2D eigenvalue weighted by atomic mass is 32.2. The lowest BCUT2D eigenvalue weighted by atomic mass is 9.83. The number of amides is 3. The fourth-order valence-corrected chi connectivity index (χ4v) is 6.32. The van der Waals surface area contributed by atoms with E-state index in [4.69, 9.17) is 24.7 Å². The van der Waals surface area contributed by atoms with E-state index in [9.17, 15) is 24.0 Å². The van der Waals surface area contributed by atoms with Gasteiger partial charge in [0.25, 0.3) is 0 Å². The molecule has 3 rings (SSSR count). The molecule has 216 valence electrons. The molecule has 3 aliphatic rings. The van der Waals surface area contributed by atoms with Gasteiger partial charge in [-0.15, -0.1) is 11.8 Å². The first-order valence-electron chi connectivity index (χ1n) is 12.6. The largest absolute Gasteiger partial charge is 0.508 e. The summed E-state index contributed by atoms with van der Waals surface area (Å²) >= 11 is 1.35. The van der Waals surface area contributed by atoms with Crippen LogP contribution in [0.3, 0.4) is 0 Å². The molecule has 2 fully saturated rings. The molecule has 2 N–H and O–H groups in total. The number of esters is 1. The van der Waals surface area contributed by atoms with Crippen LogP contribution in [0.15, 0.2) is 60.7 Å². The van der Waals surface area contributed by atoms with Crippen LogP contribution in [0.5, 0.6) is 0 Å². The van der Waals surface area contributed by atoms with Gasteiger partial charge >= 0.3 is 18.2 Å². The first-order chi connectivity index (χ1) is 19.1. The molecule has 3 heterocycles. The van der Waals surface area contributed by atoms with E-state index < -0.39 is 48.2 Å². The molecule has 0 radical (unpaired) electrons. The summed E-state index contributed by atoms with van der Waals surface area (Å²) in [6.07, 6.45) is 5.45. The van der Waals surface area contributed by atoms with E-state index in [1.165, 1.54) is 51.9 Å². The Morgan fingerprint density at radius 1 is 1.07 bits per heavy atom. The summed E-state index contributed by atoms with van der Waals surface area (Å²) in [5.74, 6) is -2.39. The van der Waals surface area contributed by atoms with Crippen LogP contribution in [-0.2, 0) is 33.3 Å². The van der Waals surface area contributed by atoms with Crippen molar-refractivity contribution in [1.29, 1.82) is 0 Å². The van der Waals surface area contributed by atoms with Gasteiger partial charge in [-0.05, 0) is 13.3 Å². The van der Waals surface area contributed by atoms with Gasteiger partial charge < -0.3 is 34.5 Å². The van der Waals surface area contributed by atoms with Crippen molar-refractivity contribution in [1.82, 2.24) is 9.80 Å². The zero-order valence-corrected chi connectivity index (χ0v) is 23.0. The maximum absolute atomic E-state index is 13.2. The molecule has 0 saturated carbocycles. The zero-order chi connectivity index (χ0) is 29.4. The van der Waals surface area contributed by atoms with Gasteiger partial charge in [0.2, 0.25) is 11.8 Å². The van der Waals surface area contributed by atoms with Crippen LogP contribution < -0.4 is 5.73 Å². The molecule has 2 saturated heterocycles. The zero-order valence-electron chi connectivity index (χ0n) is 22.2. The van der Waals surface area contributed by atoms with Crippen molar-refractivity contribution in [2.75, 3.05) is 26.4 Å². The van der Waals surface area contributed by atoms with Gasteiger partial charge in [-0.25, -0.2) is 14.4 Å². The molecule has 0 aromatic carbocycles. The summed E-state index contributed by atoms with van der Waals surface area (Å²) < 4.78 is 20.6. The summed E-state index contributed by atoms with van der Waals surface area (Å²) in [6, 6.07) is -0.897. The fraction of sp³-hybridized carbons (Fsp3) is 0.444. The van der Waals surface area contributed by atoms with Crippen LogP contribution in [-0.4, -0.2) is 89.6 Å². The van der Waals surface area contributed by atoms with E-state index in [2.05, 4.69) is 19.7 Å². The van der Waals surface area contributed by atoms with E-state index in [0.29, 0.717) is 17.7 Å². The molecule has 12 nitrogen and oxygen atoms in total. The molecular formula is C27H33N3O9S. The average Bonchev–Trinajstić information content (AvgIpc) is 3.46. The maximum atomic E-state index is 13.2. The Morgan fingerprint density at radius 3 is 2.38 bits per heavy atom. The summed E-state index contributed by atoms with van der Waals surface area (Å²) in [5, 5.41) is -0.203. The number of hydrogen-bond donors (Lipinski definition) is 1.